The van der Waals surface area contributed by atoms with Crippen LogP contribution in [0.2, 0.25) is 0 Å². The lowest BCUT2D eigenvalue weighted by Crippen LogP contribution is -2.26. The van der Waals surface area contributed by atoms with E-state index in [1.54, 1.807) is 6.33 Å². The van der Waals surface area contributed by atoms with Crippen LogP contribution >= 0.6 is 11.8 Å². The van der Waals surface area contributed by atoms with Crippen LogP contribution in [0.1, 0.15) is 18.7 Å². The van der Waals surface area contributed by atoms with Gasteiger partial charge in [-0.25, -0.2) is 0 Å². The maximum absolute atomic E-state index is 4.03. The van der Waals surface area contributed by atoms with Gasteiger partial charge in [0.1, 0.15) is 12.2 Å². The number of rotatable bonds is 5. The number of hydrogen-bond acceptors (Lipinski definition) is 4. The minimum atomic E-state index is 0.526. The Morgan fingerprint density at radius 2 is 2.43 bits per heavy atom. The van der Waals surface area contributed by atoms with Crippen molar-refractivity contribution < 1.29 is 0 Å². The number of aryl methyl sites for hydroxylation is 1. The predicted molar refractivity (Wildman–Crippen MR) is 58.2 cm³/mol. The quantitative estimate of drug-likeness (QED) is 0.784. The van der Waals surface area contributed by atoms with E-state index in [0.29, 0.717) is 4.75 Å². The third-order valence-corrected chi connectivity index (χ3v) is 4.19. The summed E-state index contributed by atoms with van der Waals surface area (Å²) in [5.41, 5.74) is 0. The van der Waals surface area contributed by atoms with E-state index in [1.807, 2.05) is 23.4 Å². The van der Waals surface area contributed by atoms with Crippen LogP contribution in [0.4, 0.5) is 0 Å². The van der Waals surface area contributed by atoms with Crippen molar-refractivity contribution in [2.75, 3.05) is 12.8 Å². The summed E-state index contributed by atoms with van der Waals surface area (Å²) < 4.78 is 2.48. The lowest BCUT2D eigenvalue weighted by Gasteiger charge is -2.12. The minimum Gasteiger partial charge on any atom is -0.320 e. The van der Waals surface area contributed by atoms with Crippen molar-refractivity contribution in [3.63, 3.8) is 0 Å². The highest BCUT2D eigenvalue weighted by atomic mass is 32.2. The first-order valence-corrected chi connectivity index (χ1v) is 6.07. The monoisotopic (exact) mass is 212 g/mol. The van der Waals surface area contributed by atoms with Gasteiger partial charge >= 0.3 is 0 Å². The van der Waals surface area contributed by atoms with Crippen molar-refractivity contribution in [2.45, 2.75) is 24.1 Å². The minimum absolute atomic E-state index is 0.526. The van der Waals surface area contributed by atoms with E-state index in [-0.39, 0.29) is 0 Å². The SMILES string of the molecule is CSC1(CNCc2nncn2C)CC1. The molecule has 78 valence electrons. The zero-order valence-electron chi connectivity index (χ0n) is 8.66. The second-order valence-electron chi connectivity index (χ2n) is 3.85. The third-order valence-electron chi connectivity index (χ3n) is 2.78. The third kappa shape index (κ3) is 2.09. The molecule has 0 spiro atoms. The first kappa shape index (κ1) is 9.98. The molecule has 1 N–H and O–H groups in total. The van der Waals surface area contributed by atoms with Crippen LogP contribution < -0.4 is 5.32 Å². The van der Waals surface area contributed by atoms with Gasteiger partial charge in [-0.3, -0.25) is 0 Å². The van der Waals surface area contributed by atoms with Gasteiger partial charge in [-0.15, -0.1) is 10.2 Å². The lowest BCUT2D eigenvalue weighted by molar-refractivity contribution is 0.620. The average Bonchev–Trinajstić information content (AvgIpc) is 2.86. The second kappa shape index (κ2) is 3.90. The second-order valence-corrected chi connectivity index (χ2v) is 5.12. The van der Waals surface area contributed by atoms with Gasteiger partial charge in [-0.2, -0.15) is 11.8 Å². The molecular formula is C9H16N4S. The highest BCUT2D eigenvalue weighted by Gasteiger charge is 2.41. The van der Waals surface area contributed by atoms with Crippen molar-refractivity contribution in [3.8, 4) is 0 Å². The number of hydrogen-bond donors (Lipinski definition) is 1. The fourth-order valence-electron chi connectivity index (χ4n) is 1.46. The summed E-state index contributed by atoms with van der Waals surface area (Å²) in [5, 5.41) is 11.3. The van der Waals surface area contributed by atoms with E-state index < -0.39 is 0 Å². The van der Waals surface area contributed by atoms with Crippen molar-refractivity contribution in [1.82, 2.24) is 20.1 Å². The summed E-state index contributed by atoms with van der Waals surface area (Å²) in [5.74, 6) is 1.00. The Hall–Kier alpha value is -0.550. The molecule has 1 saturated carbocycles. The Balaban J connectivity index is 1.76. The zero-order chi connectivity index (χ0) is 10.0. The first-order chi connectivity index (χ1) is 6.76. The van der Waals surface area contributed by atoms with Crippen molar-refractivity contribution >= 4 is 11.8 Å². The molecule has 2 rings (SSSR count). The van der Waals surface area contributed by atoms with Crippen LogP contribution in [-0.4, -0.2) is 32.3 Å². The van der Waals surface area contributed by atoms with Crippen LogP contribution in [0.3, 0.4) is 0 Å². The zero-order valence-corrected chi connectivity index (χ0v) is 9.47. The van der Waals surface area contributed by atoms with E-state index in [1.165, 1.54) is 12.8 Å². The van der Waals surface area contributed by atoms with Crippen LogP contribution in [-0.2, 0) is 13.6 Å². The average molecular weight is 212 g/mol. The molecule has 5 heteroatoms. The fourth-order valence-corrected chi connectivity index (χ4v) is 2.22. The van der Waals surface area contributed by atoms with Crippen molar-refractivity contribution in [3.05, 3.63) is 12.2 Å². The Morgan fingerprint density at radius 1 is 1.64 bits per heavy atom. The largest absolute Gasteiger partial charge is 0.320 e. The molecule has 1 aromatic rings. The molecule has 1 aliphatic rings. The summed E-state index contributed by atoms with van der Waals surface area (Å²) in [4.78, 5) is 0. The first-order valence-electron chi connectivity index (χ1n) is 4.84. The Bertz CT molecular complexity index is 306. The van der Waals surface area contributed by atoms with Crippen LogP contribution in [0.15, 0.2) is 6.33 Å². The molecule has 0 aliphatic heterocycles. The van der Waals surface area contributed by atoms with Crippen LogP contribution in [0, 0.1) is 0 Å². The topological polar surface area (TPSA) is 42.7 Å². The molecule has 0 amide bonds. The van der Waals surface area contributed by atoms with Gasteiger partial charge in [-0.05, 0) is 19.1 Å². The van der Waals surface area contributed by atoms with Gasteiger partial charge in [0.15, 0.2) is 0 Å². The molecule has 0 saturated heterocycles. The lowest BCUT2D eigenvalue weighted by atomic mass is 10.4. The molecule has 0 unspecified atom stereocenters. The van der Waals surface area contributed by atoms with E-state index in [9.17, 15) is 0 Å². The van der Waals surface area contributed by atoms with Gasteiger partial charge in [0.25, 0.3) is 0 Å². The summed E-state index contributed by atoms with van der Waals surface area (Å²) in [7, 11) is 1.97. The van der Waals surface area contributed by atoms with Gasteiger partial charge in [0.2, 0.25) is 0 Å². The standard InChI is InChI=1S/C9H16N4S/c1-13-7-11-12-8(13)5-10-6-9(14-2)3-4-9/h7,10H,3-6H2,1-2H3. The van der Waals surface area contributed by atoms with Gasteiger partial charge in [0, 0.05) is 18.3 Å². The van der Waals surface area contributed by atoms with Gasteiger partial charge in [0.05, 0.1) is 6.54 Å². The molecule has 0 bridgehead atoms. The Labute approximate surface area is 88.5 Å². The van der Waals surface area contributed by atoms with Gasteiger partial charge < -0.3 is 9.88 Å². The van der Waals surface area contributed by atoms with E-state index in [0.717, 1.165) is 18.9 Å². The molecule has 0 atom stereocenters. The highest BCUT2D eigenvalue weighted by Crippen LogP contribution is 2.46. The number of nitrogens with one attached hydrogen (secondary N) is 1. The molecular weight excluding hydrogens is 196 g/mol. The molecule has 1 fully saturated rings. The summed E-state index contributed by atoms with van der Waals surface area (Å²) >= 11 is 1.97. The van der Waals surface area contributed by atoms with Crippen molar-refractivity contribution in [1.29, 1.82) is 0 Å². The smallest absolute Gasteiger partial charge is 0.146 e. The van der Waals surface area contributed by atoms with E-state index >= 15 is 0 Å². The summed E-state index contributed by atoms with van der Waals surface area (Å²) in [6.45, 7) is 1.90. The number of thioether (sulfide) groups is 1. The summed E-state index contributed by atoms with van der Waals surface area (Å²) in [6, 6.07) is 0. The van der Waals surface area contributed by atoms with Crippen molar-refractivity contribution in [2.24, 2.45) is 7.05 Å². The molecule has 0 radical (unpaired) electrons. The molecule has 1 aromatic heterocycles. The molecule has 1 heterocycles. The highest BCUT2D eigenvalue weighted by molar-refractivity contribution is 8.00. The van der Waals surface area contributed by atoms with E-state index in [4.69, 9.17) is 0 Å². The fraction of sp³-hybridized carbons (Fsp3) is 0.778. The summed E-state index contributed by atoms with van der Waals surface area (Å²) in [6.07, 6.45) is 6.62. The molecule has 1 aliphatic carbocycles. The Morgan fingerprint density at radius 3 is 2.93 bits per heavy atom. The maximum atomic E-state index is 4.03. The molecule has 14 heavy (non-hydrogen) atoms. The molecule has 0 aromatic carbocycles. The normalized spacial score (nSPS) is 18.4. The van der Waals surface area contributed by atoms with E-state index in [2.05, 4.69) is 21.8 Å². The van der Waals surface area contributed by atoms with Gasteiger partial charge in [-0.1, -0.05) is 0 Å². The predicted octanol–water partition coefficient (Wildman–Crippen LogP) is 0.800. The number of aromatic nitrogens is 3. The maximum Gasteiger partial charge on any atom is 0.146 e. The molecule has 4 nitrogen and oxygen atoms in total. The Kier molecular flexibility index (Phi) is 2.78. The number of nitrogens with zero attached hydrogens (tertiary/aromatic N) is 3. The van der Waals surface area contributed by atoms with Crippen LogP contribution in [0.5, 0.6) is 0 Å². The van der Waals surface area contributed by atoms with Crippen LogP contribution in [0.25, 0.3) is 0 Å².